The summed E-state index contributed by atoms with van der Waals surface area (Å²) in [4.78, 5) is 1.99. The Kier molecular flexibility index (Phi) is 7.76. The molecule has 0 radical (unpaired) electrons. The Morgan fingerprint density at radius 3 is 2.47 bits per heavy atom. The van der Waals surface area contributed by atoms with Gasteiger partial charge in [0, 0.05) is 24.1 Å². The van der Waals surface area contributed by atoms with Crippen molar-refractivity contribution in [2.45, 2.75) is 45.2 Å². The van der Waals surface area contributed by atoms with Crippen molar-refractivity contribution >= 4 is 21.6 Å². The van der Waals surface area contributed by atoms with Gasteiger partial charge in [-0.3, -0.25) is 0 Å². The van der Waals surface area contributed by atoms with Crippen LogP contribution in [0.5, 0.6) is 5.75 Å². The molecule has 2 aromatic carbocycles. The molecule has 0 spiro atoms. The van der Waals surface area contributed by atoms with E-state index in [-0.39, 0.29) is 11.0 Å². The molecule has 1 aliphatic heterocycles. The summed E-state index contributed by atoms with van der Waals surface area (Å²) < 4.78 is 45.9. The van der Waals surface area contributed by atoms with Gasteiger partial charge < -0.3 is 9.64 Å². The Labute approximate surface area is 196 Å². The van der Waals surface area contributed by atoms with E-state index in [2.05, 4.69) is 41.9 Å². The van der Waals surface area contributed by atoms with Crippen LogP contribution in [-0.2, 0) is 6.18 Å². The first-order valence-electron chi connectivity index (χ1n) is 10.8. The molecular formula is C25H28BrF3N2O. The van der Waals surface area contributed by atoms with E-state index < -0.39 is 11.7 Å². The lowest BCUT2D eigenvalue weighted by atomic mass is 9.70. The highest BCUT2D eigenvalue weighted by atomic mass is 79.9. The molecule has 32 heavy (non-hydrogen) atoms. The Bertz CT molecular complexity index is 951. The van der Waals surface area contributed by atoms with Gasteiger partial charge in [0.1, 0.15) is 5.75 Å². The van der Waals surface area contributed by atoms with Crippen LogP contribution in [0.4, 0.5) is 18.9 Å². The van der Waals surface area contributed by atoms with Crippen molar-refractivity contribution < 1.29 is 17.9 Å². The molecular weight excluding hydrogens is 481 g/mol. The van der Waals surface area contributed by atoms with E-state index in [1.54, 1.807) is 12.1 Å². The minimum absolute atomic E-state index is 0.136. The van der Waals surface area contributed by atoms with E-state index in [9.17, 15) is 13.2 Å². The summed E-state index contributed by atoms with van der Waals surface area (Å²) in [6.07, 6.45) is -1.63. The normalized spacial score (nSPS) is 18.3. The third kappa shape index (κ3) is 5.78. The molecule has 3 nitrogen and oxygen atoms in total. The third-order valence-corrected chi connectivity index (χ3v) is 6.66. The molecule has 7 heteroatoms. The number of unbranched alkanes of at least 4 members (excludes halogenated alkanes) is 1. The van der Waals surface area contributed by atoms with E-state index in [0.29, 0.717) is 31.3 Å². The average Bonchev–Trinajstić information content (AvgIpc) is 2.75. The molecule has 0 bridgehead atoms. The van der Waals surface area contributed by atoms with Crippen LogP contribution in [0.25, 0.3) is 0 Å². The van der Waals surface area contributed by atoms with Crippen LogP contribution in [0.2, 0.25) is 0 Å². The van der Waals surface area contributed by atoms with E-state index in [4.69, 9.17) is 10.00 Å². The number of nitrogens with zero attached hydrogens (tertiary/aromatic N) is 2. The molecule has 0 amide bonds. The number of rotatable bonds is 7. The first kappa shape index (κ1) is 24.4. The molecule has 1 atom stereocenters. The first-order chi connectivity index (χ1) is 15.2. The van der Waals surface area contributed by atoms with Gasteiger partial charge in [-0.2, -0.15) is 18.4 Å². The quantitative estimate of drug-likeness (QED) is 0.294. The fourth-order valence-corrected chi connectivity index (χ4v) is 4.84. The number of piperidine rings is 1. The molecule has 0 aliphatic carbocycles. The van der Waals surface area contributed by atoms with Crippen molar-refractivity contribution in [3.05, 3.63) is 59.2 Å². The van der Waals surface area contributed by atoms with Crippen LogP contribution in [0, 0.1) is 16.7 Å². The standard InChI is InChI=1S/C25H28BrF3N2O/c1-24(2)17-31(20-8-5-19(16-30)23(15-20)25(27,28)29)13-11-22(24)18-6-9-21(10-7-18)32-14-4-3-12-26/h5-10,15,22H,3-4,11-14,17H2,1-2H3. The second-order valence-electron chi connectivity index (χ2n) is 8.90. The number of benzene rings is 2. The Hall–Kier alpha value is -2.20. The summed E-state index contributed by atoms with van der Waals surface area (Å²) in [7, 11) is 0. The summed E-state index contributed by atoms with van der Waals surface area (Å²) in [6.45, 7) is 6.29. The molecule has 2 aromatic rings. The maximum atomic E-state index is 13.4. The topological polar surface area (TPSA) is 36.3 Å². The fourth-order valence-electron chi connectivity index (χ4n) is 4.44. The molecule has 1 unspecified atom stereocenters. The number of hydrogen-bond acceptors (Lipinski definition) is 3. The minimum atomic E-state index is -4.55. The highest BCUT2D eigenvalue weighted by Crippen LogP contribution is 2.44. The number of hydrogen-bond donors (Lipinski definition) is 0. The summed E-state index contributed by atoms with van der Waals surface area (Å²) in [5.41, 5.74) is 0.380. The molecule has 0 saturated carbocycles. The second-order valence-corrected chi connectivity index (χ2v) is 9.70. The number of alkyl halides is 4. The predicted molar refractivity (Wildman–Crippen MR) is 124 cm³/mol. The van der Waals surface area contributed by atoms with Crippen molar-refractivity contribution in [1.82, 2.24) is 0 Å². The summed E-state index contributed by atoms with van der Waals surface area (Å²) >= 11 is 3.42. The van der Waals surface area contributed by atoms with Crippen LogP contribution in [0.3, 0.4) is 0 Å². The molecule has 1 heterocycles. The molecule has 0 N–H and O–H groups in total. The number of ether oxygens (including phenoxy) is 1. The molecule has 0 aromatic heterocycles. The van der Waals surface area contributed by atoms with E-state index in [0.717, 1.165) is 36.4 Å². The highest BCUT2D eigenvalue weighted by molar-refractivity contribution is 9.09. The van der Waals surface area contributed by atoms with Crippen LogP contribution in [0.15, 0.2) is 42.5 Å². The van der Waals surface area contributed by atoms with E-state index in [1.165, 1.54) is 11.6 Å². The largest absolute Gasteiger partial charge is 0.494 e. The van der Waals surface area contributed by atoms with E-state index in [1.807, 2.05) is 17.0 Å². The summed E-state index contributed by atoms with van der Waals surface area (Å²) in [5.74, 6) is 1.15. The van der Waals surface area contributed by atoms with Crippen LogP contribution >= 0.6 is 15.9 Å². The smallest absolute Gasteiger partial charge is 0.417 e. The zero-order valence-electron chi connectivity index (χ0n) is 18.4. The summed E-state index contributed by atoms with van der Waals surface area (Å²) in [5, 5.41) is 10.0. The van der Waals surface area contributed by atoms with Gasteiger partial charge in [-0.25, -0.2) is 0 Å². The van der Waals surface area contributed by atoms with Crippen molar-refractivity contribution in [1.29, 1.82) is 5.26 Å². The minimum Gasteiger partial charge on any atom is -0.494 e. The number of halogens is 4. The molecule has 3 rings (SSSR count). The van der Waals surface area contributed by atoms with Crippen molar-refractivity contribution in [2.75, 3.05) is 29.9 Å². The third-order valence-electron chi connectivity index (χ3n) is 6.10. The van der Waals surface area contributed by atoms with Gasteiger partial charge in [0.2, 0.25) is 0 Å². The summed E-state index contributed by atoms with van der Waals surface area (Å²) in [6, 6.07) is 13.9. The second kappa shape index (κ2) is 10.2. The molecule has 1 saturated heterocycles. The van der Waals surface area contributed by atoms with Gasteiger partial charge in [0.15, 0.2) is 0 Å². The Morgan fingerprint density at radius 2 is 1.88 bits per heavy atom. The van der Waals surface area contributed by atoms with Gasteiger partial charge in [0.05, 0.1) is 23.8 Å². The van der Waals surface area contributed by atoms with Gasteiger partial charge >= 0.3 is 6.18 Å². The van der Waals surface area contributed by atoms with Crippen molar-refractivity contribution in [2.24, 2.45) is 5.41 Å². The van der Waals surface area contributed by atoms with Gasteiger partial charge in [-0.05, 0) is 66.5 Å². The first-order valence-corrected chi connectivity index (χ1v) is 11.9. The van der Waals surface area contributed by atoms with Crippen LogP contribution in [0.1, 0.15) is 55.7 Å². The highest BCUT2D eigenvalue weighted by Gasteiger charge is 2.38. The zero-order valence-corrected chi connectivity index (χ0v) is 20.0. The fraction of sp³-hybridized carbons (Fsp3) is 0.480. The average molecular weight is 509 g/mol. The van der Waals surface area contributed by atoms with E-state index >= 15 is 0 Å². The number of nitriles is 1. The van der Waals surface area contributed by atoms with Gasteiger partial charge in [0.25, 0.3) is 0 Å². The number of anilines is 1. The lowest BCUT2D eigenvalue weighted by molar-refractivity contribution is -0.137. The van der Waals surface area contributed by atoms with Crippen LogP contribution < -0.4 is 9.64 Å². The van der Waals surface area contributed by atoms with Gasteiger partial charge in [-0.1, -0.05) is 41.9 Å². The molecule has 1 fully saturated rings. The Morgan fingerprint density at radius 1 is 1.16 bits per heavy atom. The lowest BCUT2D eigenvalue weighted by Gasteiger charge is -2.45. The maximum Gasteiger partial charge on any atom is 0.417 e. The molecule has 172 valence electrons. The Balaban J connectivity index is 1.72. The lowest BCUT2D eigenvalue weighted by Crippen LogP contribution is -2.44. The zero-order chi connectivity index (χ0) is 23.4. The van der Waals surface area contributed by atoms with Crippen LogP contribution in [-0.4, -0.2) is 25.0 Å². The van der Waals surface area contributed by atoms with Crippen molar-refractivity contribution in [3.63, 3.8) is 0 Å². The SMILES string of the molecule is CC1(C)CN(c2ccc(C#N)c(C(F)(F)F)c2)CCC1c1ccc(OCCCCBr)cc1. The van der Waals surface area contributed by atoms with Gasteiger partial charge in [-0.15, -0.1) is 0 Å². The maximum absolute atomic E-state index is 13.4. The molecule has 1 aliphatic rings. The monoisotopic (exact) mass is 508 g/mol. The predicted octanol–water partition coefficient (Wildman–Crippen LogP) is 7.15. The van der Waals surface area contributed by atoms with Crippen molar-refractivity contribution in [3.8, 4) is 11.8 Å².